The molecule has 16 heavy (non-hydrogen) atoms. The van der Waals surface area contributed by atoms with E-state index in [9.17, 15) is 10.1 Å². The SMILES string of the molecule is C=C=C1CO[C@@H](CCCCC)[C@]1(C)[N+](=O)[O-]. The molecular weight excluding hydrogens is 206 g/mol. The molecule has 0 spiro atoms. The van der Waals surface area contributed by atoms with Crippen LogP contribution in [0.3, 0.4) is 0 Å². The van der Waals surface area contributed by atoms with Crippen LogP contribution in [0.1, 0.15) is 39.5 Å². The van der Waals surface area contributed by atoms with Gasteiger partial charge in [-0.1, -0.05) is 32.8 Å². The molecule has 1 rings (SSSR count). The molecule has 4 nitrogen and oxygen atoms in total. The quantitative estimate of drug-likeness (QED) is 0.313. The largest absolute Gasteiger partial charge is 0.365 e. The van der Waals surface area contributed by atoms with Crippen LogP contribution in [0.2, 0.25) is 0 Å². The molecule has 0 N–H and O–H groups in total. The van der Waals surface area contributed by atoms with Crippen LogP contribution in [-0.4, -0.2) is 23.2 Å². The Balaban J connectivity index is 2.78. The van der Waals surface area contributed by atoms with E-state index in [1.165, 1.54) is 0 Å². The number of nitro groups is 1. The second kappa shape index (κ2) is 5.28. The second-order valence-electron chi connectivity index (χ2n) is 4.36. The molecule has 0 radical (unpaired) electrons. The van der Waals surface area contributed by atoms with Crippen molar-refractivity contribution < 1.29 is 9.66 Å². The van der Waals surface area contributed by atoms with Crippen molar-refractivity contribution in [3.8, 4) is 0 Å². The van der Waals surface area contributed by atoms with Gasteiger partial charge < -0.3 is 4.74 Å². The van der Waals surface area contributed by atoms with Gasteiger partial charge in [-0.15, -0.1) is 5.73 Å². The third-order valence-corrected chi connectivity index (χ3v) is 3.33. The minimum atomic E-state index is -1.13. The van der Waals surface area contributed by atoms with Gasteiger partial charge >= 0.3 is 0 Å². The minimum Gasteiger partial charge on any atom is -0.365 e. The Morgan fingerprint density at radius 1 is 1.69 bits per heavy atom. The highest BCUT2D eigenvalue weighted by atomic mass is 16.6. The number of ether oxygens (including phenoxy) is 1. The summed E-state index contributed by atoms with van der Waals surface area (Å²) >= 11 is 0. The first-order valence-corrected chi connectivity index (χ1v) is 5.72. The van der Waals surface area contributed by atoms with Gasteiger partial charge in [-0.05, 0) is 6.42 Å². The molecule has 90 valence electrons. The van der Waals surface area contributed by atoms with E-state index in [1.807, 2.05) is 0 Å². The van der Waals surface area contributed by atoms with Crippen LogP contribution in [0.15, 0.2) is 17.9 Å². The molecule has 0 amide bonds. The van der Waals surface area contributed by atoms with Gasteiger partial charge in [-0.3, -0.25) is 10.1 Å². The molecule has 1 heterocycles. The van der Waals surface area contributed by atoms with Gasteiger partial charge in [0.1, 0.15) is 6.10 Å². The fourth-order valence-electron chi connectivity index (χ4n) is 2.09. The summed E-state index contributed by atoms with van der Waals surface area (Å²) < 4.78 is 5.50. The average molecular weight is 225 g/mol. The Labute approximate surface area is 96.1 Å². The number of unbranched alkanes of at least 4 members (excludes halogenated alkanes) is 2. The van der Waals surface area contributed by atoms with Crippen molar-refractivity contribution in [2.24, 2.45) is 0 Å². The normalized spacial score (nSPS) is 29.1. The average Bonchev–Trinajstić information content (AvgIpc) is 2.58. The first-order chi connectivity index (χ1) is 7.57. The fourth-order valence-corrected chi connectivity index (χ4v) is 2.09. The molecule has 4 heteroatoms. The zero-order valence-electron chi connectivity index (χ0n) is 9.99. The molecule has 1 fully saturated rings. The van der Waals surface area contributed by atoms with E-state index in [2.05, 4.69) is 19.2 Å². The van der Waals surface area contributed by atoms with Crippen molar-refractivity contribution in [1.29, 1.82) is 0 Å². The molecule has 0 unspecified atom stereocenters. The lowest BCUT2D eigenvalue weighted by Crippen LogP contribution is -2.44. The first-order valence-electron chi connectivity index (χ1n) is 5.72. The van der Waals surface area contributed by atoms with E-state index in [1.54, 1.807) is 6.92 Å². The lowest BCUT2D eigenvalue weighted by molar-refractivity contribution is -0.560. The van der Waals surface area contributed by atoms with E-state index in [4.69, 9.17) is 4.74 Å². The summed E-state index contributed by atoms with van der Waals surface area (Å²) in [5.74, 6) is 0. The minimum absolute atomic E-state index is 0.260. The van der Waals surface area contributed by atoms with E-state index in [-0.39, 0.29) is 17.6 Å². The maximum Gasteiger partial charge on any atom is 0.275 e. The number of nitrogens with zero attached hydrogens (tertiary/aromatic N) is 1. The highest BCUT2D eigenvalue weighted by molar-refractivity contribution is 5.21. The van der Waals surface area contributed by atoms with E-state index >= 15 is 0 Å². The van der Waals surface area contributed by atoms with Gasteiger partial charge in [0.2, 0.25) is 0 Å². The molecule has 0 aromatic heterocycles. The maximum atomic E-state index is 11.2. The number of hydrogen-bond acceptors (Lipinski definition) is 3. The van der Waals surface area contributed by atoms with Gasteiger partial charge in [0.25, 0.3) is 5.54 Å². The second-order valence-corrected chi connectivity index (χ2v) is 4.36. The summed E-state index contributed by atoms with van der Waals surface area (Å²) in [6, 6.07) is 0. The third kappa shape index (κ3) is 2.18. The molecule has 0 aromatic carbocycles. The summed E-state index contributed by atoms with van der Waals surface area (Å²) in [6.45, 7) is 7.52. The van der Waals surface area contributed by atoms with Crippen LogP contribution in [0, 0.1) is 10.1 Å². The van der Waals surface area contributed by atoms with Crippen molar-refractivity contribution >= 4 is 0 Å². The van der Waals surface area contributed by atoms with Gasteiger partial charge in [-0.25, -0.2) is 0 Å². The Kier molecular flexibility index (Phi) is 4.27. The molecule has 0 bridgehead atoms. The van der Waals surface area contributed by atoms with Crippen molar-refractivity contribution in [2.45, 2.75) is 51.2 Å². The number of rotatable bonds is 5. The zero-order valence-corrected chi connectivity index (χ0v) is 9.99. The molecule has 1 saturated heterocycles. The van der Waals surface area contributed by atoms with Gasteiger partial charge in [-0.2, -0.15) is 0 Å². The predicted octanol–water partition coefficient (Wildman–Crippen LogP) is 2.71. The van der Waals surface area contributed by atoms with Crippen LogP contribution in [0.25, 0.3) is 0 Å². The standard InChI is InChI=1S/C12H19NO3/c1-4-6-7-8-11-12(3,13(14)15)10(5-2)9-16-11/h11H,2,4,6-9H2,1,3H3/t11-,12+/m0/s1. The van der Waals surface area contributed by atoms with Crippen molar-refractivity contribution in [2.75, 3.05) is 6.61 Å². The predicted molar refractivity (Wildman–Crippen MR) is 61.9 cm³/mol. The Morgan fingerprint density at radius 3 is 2.88 bits per heavy atom. The van der Waals surface area contributed by atoms with Gasteiger partial charge in [0, 0.05) is 11.8 Å². The van der Waals surface area contributed by atoms with Crippen LogP contribution < -0.4 is 0 Å². The highest BCUT2D eigenvalue weighted by Crippen LogP contribution is 2.35. The molecule has 1 aliphatic heterocycles. The van der Waals surface area contributed by atoms with Gasteiger partial charge in [0.05, 0.1) is 12.2 Å². The molecule has 0 aromatic rings. The summed E-state index contributed by atoms with van der Waals surface area (Å²) in [6.07, 6.45) is 3.55. The molecule has 0 saturated carbocycles. The molecule has 1 aliphatic rings. The van der Waals surface area contributed by atoms with Crippen molar-refractivity contribution in [3.05, 3.63) is 28.0 Å². The zero-order chi connectivity index (χ0) is 12.2. The molecular formula is C12H19NO3. The van der Waals surface area contributed by atoms with Crippen LogP contribution in [0.4, 0.5) is 0 Å². The van der Waals surface area contributed by atoms with Crippen LogP contribution in [-0.2, 0) is 4.74 Å². The Morgan fingerprint density at radius 2 is 2.38 bits per heavy atom. The maximum absolute atomic E-state index is 11.2. The fraction of sp³-hybridized carbons (Fsp3) is 0.750. The van der Waals surface area contributed by atoms with Crippen LogP contribution >= 0.6 is 0 Å². The first kappa shape index (κ1) is 12.9. The van der Waals surface area contributed by atoms with E-state index in [0.29, 0.717) is 5.57 Å². The monoisotopic (exact) mass is 225 g/mol. The summed E-state index contributed by atoms with van der Waals surface area (Å²) in [5.41, 5.74) is 2.10. The lowest BCUT2D eigenvalue weighted by atomic mass is 9.87. The lowest BCUT2D eigenvalue weighted by Gasteiger charge is -2.21. The summed E-state index contributed by atoms with van der Waals surface area (Å²) in [7, 11) is 0. The van der Waals surface area contributed by atoms with Gasteiger partial charge in [0.15, 0.2) is 0 Å². The smallest absolute Gasteiger partial charge is 0.275 e. The van der Waals surface area contributed by atoms with Crippen LogP contribution in [0.5, 0.6) is 0 Å². The highest BCUT2D eigenvalue weighted by Gasteiger charge is 2.54. The topological polar surface area (TPSA) is 52.4 Å². The Hall–Kier alpha value is -1.12. The summed E-state index contributed by atoms with van der Waals surface area (Å²) in [5, 5.41) is 11.2. The van der Waals surface area contributed by atoms with E-state index < -0.39 is 5.54 Å². The Bertz CT molecular complexity index is 320. The third-order valence-electron chi connectivity index (χ3n) is 3.33. The van der Waals surface area contributed by atoms with E-state index in [0.717, 1.165) is 25.7 Å². The molecule has 0 aliphatic carbocycles. The number of hydrogen-bond donors (Lipinski definition) is 0. The van der Waals surface area contributed by atoms with Crippen molar-refractivity contribution in [1.82, 2.24) is 0 Å². The molecule has 2 atom stereocenters. The summed E-state index contributed by atoms with van der Waals surface area (Å²) in [4.78, 5) is 10.9. The van der Waals surface area contributed by atoms with Crippen molar-refractivity contribution in [3.63, 3.8) is 0 Å².